The summed E-state index contributed by atoms with van der Waals surface area (Å²) in [6, 6.07) is 1.93. The van der Waals surface area contributed by atoms with Gasteiger partial charge in [0.05, 0.1) is 22.0 Å². The van der Waals surface area contributed by atoms with Crippen LogP contribution >= 0.6 is 11.6 Å². The van der Waals surface area contributed by atoms with Crippen molar-refractivity contribution in [3.63, 3.8) is 0 Å². The number of nitrogens with zero attached hydrogens (tertiary/aromatic N) is 3. The maximum atomic E-state index is 12.5. The van der Waals surface area contributed by atoms with E-state index in [1.807, 2.05) is 6.92 Å². The molecule has 4 rings (SSSR count). The summed E-state index contributed by atoms with van der Waals surface area (Å²) < 4.78 is 2.17. The number of carbonyl (C=O) groups is 1. The van der Waals surface area contributed by atoms with Gasteiger partial charge in [0.1, 0.15) is 0 Å². The van der Waals surface area contributed by atoms with Gasteiger partial charge in [-0.15, -0.1) is 0 Å². The third-order valence-electron chi connectivity index (χ3n) is 5.96. The van der Waals surface area contributed by atoms with Crippen LogP contribution < -0.4 is 5.32 Å². The molecule has 0 aliphatic heterocycles. The lowest BCUT2D eigenvalue weighted by atomic mass is 9.86. The van der Waals surface area contributed by atoms with Gasteiger partial charge in [0.15, 0.2) is 0 Å². The predicted octanol–water partition coefficient (Wildman–Crippen LogP) is 4.11. The maximum Gasteiger partial charge on any atom is 0.253 e. The summed E-state index contributed by atoms with van der Waals surface area (Å²) in [5, 5.41) is 8.46. The minimum Gasteiger partial charge on any atom is -0.349 e. The second-order valence-electron chi connectivity index (χ2n) is 8.01. The van der Waals surface area contributed by atoms with E-state index in [4.69, 9.17) is 16.7 Å². The minimum atomic E-state index is -0.0642. The maximum absolute atomic E-state index is 12.5. The second-order valence-corrected chi connectivity index (χ2v) is 8.44. The van der Waals surface area contributed by atoms with Gasteiger partial charge in [0.2, 0.25) is 0 Å². The van der Waals surface area contributed by atoms with Crippen molar-refractivity contribution in [1.82, 2.24) is 20.1 Å². The van der Waals surface area contributed by atoms with Crippen LogP contribution in [0.1, 0.15) is 65.8 Å². The first kappa shape index (κ1) is 18.5. The van der Waals surface area contributed by atoms with Crippen molar-refractivity contribution < 1.29 is 4.79 Å². The molecule has 1 fully saturated rings. The van der Waals surface area contributed by atoms with Crippen LogP contribution in [0.4, 0.5) is 0 Å². The van der Waals surface area contributed by atoms with Crippen LogP contribution in [0.25, 0.3) is 0 Å². The fraction of sp³-hybridized carbons (Fsp3) is 0.571. The van der Waals surface area contributed by atoms with E-state index >= 15 is 0 Å². The molecule has 0 unspecified atom stereocenters. The number of aryl methyl sites for hydroxylation is 3. The Morgan fingerprint density at radius 3 is 2.81 bits per heavy atom. The molecule has 5 nitrogen and oxygen atoms in total. The van der Waals surface area contributed by atoms with Gasteiger partial charge in [-0.25, -0.2) is 0 Å². The SMILES string of the molecule is Cc1ncc(Cl)cc1C(=O)N[C@H]1CC[C@H](Cn2cc3c(n2)CCCC3)CC1. The van der Waals surface area contributed by atoms with Gasteiger partial charge in [-0.2, -0.15) is 5.10 Å². The number of hydrogen-bond acceptors (Lipinski definition) is 3. The van der Waals surface area contributed by atoms with E-state index in [0.717, 1.165) is 38.6 Å². The molecule has 2 heterocycles. The van der Waals surface area contributed by atoms with Crippen LogP contribution in [0.15, 0.2) is 18.5 Å². The third kappa shape index (κ3) is 4.34. The number of carbonyl (C=O) groups excluding carboxylic acids is 1. The molecule has 2 aliphatic rings. The van der Waals surface area contributed by atoms with Crippen molar-refractivity contribution >= 4 is 17.5 Å². The molecule has 0 spiro atoms. The van der Waals surface area contributed by atoms with Gasteiger partial charge in [0, 0.05) is 25.0 Å². The summed E-state index contributed by atoms with van der Waals surface area (Å²) in [6.45, 7) is 2.84. The lowest BCUT2D eigenvalue weighted by Gasteiger charge is -2.29. The number of aromatic nitrogens is 3. The van der Waals surface area contributed by atoms with Gasteiger partial charge in [-0.3, -0.25) is 14.5 Å². The zero-order valence-corrected chi connectivity index (χ0v) is 16.6. The van der Waals surface area contributed by atoms with Crippen LogP contribution in [0.3, 0.4) is 0 Å². The van der Waals surface area contributed by atoms with Gasteiger partial charge in [-0.1, -0.05) is 11.6 Å². The molecule has 0 bridgehead atoms. The van der Waals surface area contributed by atoms with Crippen molar-refractivity contribution in [2.45, 2.75) is 70.9 Å². The molecule has 1 amide bonds. The summed E-state index contributed by atoms with van der Waals surface area (Å²) in [5.74, 6) is 0.583. The predicted molar refractivity (Wildman–Crippen MR) is 106 cm³/mol. The fourth-order valence-corrected chi connectivity index (χ4v) is 4.54. The summed E-state index contributed by atoms with van der Waals surface area (Å²) in [4.78, 5) is 16.7. The third-order valence-corrected chi connectivity index (χ3v) is 6.17. The molecule has 2 aromatic heterocycles. The Labute approximate surface area is 165 Å². The Bertz CT molecular complexity index is 800. The van der Waals surface area contributed by atoms with Crippen LogP contribution in [-0.2, 0) is 19.4 Å². The van der Waals surface area contributed by atoms with Crippen LogP contribution in [0.5, 0.6) is 0 Å². The Kier molecular flexibility index (Phi) is 5.48. The molecule has 2 aliphatic carbocycles. The van der Waals surface area contributed by atoms with E-state index < -0.39 is 0 Å². The molecule has 0 aromatic carbocycles. The van der Waals surface area contributed by atoms with E-state index in [0.29, 0.717) is 22.2 Å². The van der Waals surface area contributed by atoms with Crippen LogP contribution in [0.2, 0.25) is 5.02 Å². The zero-order valence-electron chi connectivity index (χ0n) is 15.9. The van der Waals surface area contributed by atoms with Gasteiger partial charge in [0.25, 0.3) is 5.91 Å². The van der Waals surface area contributed by atoms with E-state index in [-0.39, 0.29) is 11.9 Å². The minimum absolute atomic E-state index is 0.0642. The number of rotatable bonds is 4. The largest absolute Gasteiger partial charge is 0.349 e. The summed E-state index contributed by atoms with van der Waals surface area (Å²) in [7, 11) is 0. The topological polar surface area (TPSA) is 59.8 Å². The first-order valence-electron chi connectivity index (χ1n) is 10.1. The lowest BCUT2D eigenvalue weighted by Crippen LogP contribution is -2.38. The van der Waals surface area contributed by atoms with Gasteiger partial charge >= 0.3 is 0 Å². The highest BCUT2D eigenvalue weighted by atomic mass is 35.5. The van der Waals surface area contributed by atoms with E-state index in [1.165, 1.54) is 30.5 Å². The quantitative estimate of drug-likeness (QED) is 0.860. The van der Waals surface area contributed by atoms with Gasteiger partial charge in [-0.05, 0) is 75.8 Å². The zero-order chi connectivity index (χ0) is 18.8. The smallest absolute Gasteiger partial charge is 0.253 e. The lowest BCUT2D eigenvalue weighted by molar-refractivity contribution is 0.0919. The Hall–Kier alpha value is -1.88. The molecule has 6 heteroatoms. The van der Waals surface area contributed by atoms with Crippen LogP contribution in [0, 0.1) is 12.8 Å². The van der Waals surface area contributed by atoms with E-state index in [2.05, 4.69) is 21.2 Å². The molecular formula is C21H27ClN4O. The van der Waals surface area contributed by atoms with Crippen LogP contribution in [-0.4, -0.2) is 26.7 Å². The van der Waals surface area contributed by atoms with Crippen molar-refractivity contribution in [2.24, 2.45) is 5.92 Å². The Morgan fingerprint density at radius 2 is 2.04 bits per heavy atom. The summed E-state index contributed by atoms with van der Waals surface area (Å²) in [6.07, 6.45) is 13.0. The average molecular weight is 387 g/mol. The molecule has 0 atom stereocenters. The molecule has 0 saturated heterocycles. The molecule has 0 radical (unpaired) electrons. The average Bonchev–Trinajstić information content (AvgIpc) is 3.07. The van der Waals surface area contributed by atoms with E-state index in [9.17, 15) is 4.79 Å². The standard InChI is InChI=1S/C21H27ClN4O/c1-14-19(10-17(22)11-23-14)21(27)24-18-8-6-15(7-9-18)12-26-13-16-4-2-3-5-20(16)25-26/h10-11,13,15,18H,2-9,12H2,1H3,(H,24,27)/t15-,18-. The number of fused-ring (bicyclic) bond motifs is 1. The first-order chi connectivity index (χ1) is 13.1. The summed E-state index contributed by atoms with van der Waals surface area (Å²) in [5.41, 5.74) is 4.06. The van der Waals surface area contributed by atoms with E-state index in [1.54, 1.807) is 12.3 Å². The van der Waals surface area contributed by atoms with Crippen molar-refractivity contribution in [3.8, 4) is 0 Å². The Morgan fingerprint density at radius 1 is 1.26 bits per heavy atom. The Balaban J connectivity index is 1.29. The highest BCUT2D eigenvalue weighted by Gasteiger charge is 2.24. The highest BCUT2D eigenvalue weighted by molar-refractivity contribution is 6.30. The number of pyridine rings is 1. The highest BCUT2D eigenvalue weighted by Crippen LogP contribution is 2.27. The van der Waals surface area contributed by atoms with Crippen molar-refractivity contribution in [1.29, 1.82) is 0 Å². The summed E-state index contributed by atoms with van der Waals surface area (Å²) >= 11 is 5.99. The number of nitrogens with one attached hydrogen (secondary N) is 1. The number of hydrogen-bond donors (Lipinski definition) is 1. The molecule has 1 saturated carbocycles. The fourth-order valence-electron chi connectivity index (χ4n) is 4.38. The number of halogens is 1. The second kappa shape index (κ2) is 8.01. The van der Waals surface area contributed by atoms with Crippen molar-refractivity contribution in [2.75, 3.05) is 0 Å². The number of amides is 1. The monoisotopic (exact) mass is 386 g/mol. The molecule has 1 N–H and O–H groups in total. The molecular weight excluding hydrogens is 360 g/mol. The molecule has 27 heavy (non-hydrogen) atoms. The molecule has 144 valence electrons. The van der Waals surface area contributed by atoms with Gasteiger partial charge < -0.3 is 5.32 Å². The molecule has 2 aromatic rings. The van der Waals surface area contributed by atoms with Crippen molar-refractivity contribution in [3.05, 3.63) is 46.0 Å². The normalized spacial score (nSPS) is 22.3. The first-order valence-corrected chi connectivity index (χ1v) is 10.4.